The fraction of sp³-hybridized carbons (Fsp3) is 0.438. The maximum atomic E-state index is 12.3. The number of nitrogens with one attached hydrogen (secondary N) is 1. The van der Waals surface area contributed by atoms with Gasteiger partial charge in [-0.25, -0.2) is 4.98 Å². The first kappa shape index (κ1) is 16.4. The van der Waals surface area contributed by atoms with Gasteiger partial charge in [0.2, 0.25) is 5.88 Å². The lowest BCUT2D eigenvalue weighted by atomic mass is 10.2. The van der Waals surface area contributed by atoms with Crippen molar-refractivity contribution in [2.45, 2.75) is 45.3 Å². The molecule has 8 heteroatoms. The normalized spacial score (nSPS) is 15.0. The fourth-order valence-corrected chi connectivity index (χ4v) is 2.93. The zero-order valence-corrected chi connectivity index (χ0v) is 13.2. The lowest BCUT2D eigenvalue weighted by Gasteiger charge is -2.12. The van der Waals surface area contributed by atoms with Gasteiger partial charge in [-0.3, -0.25) is 9.48 Å². The van der Waals surface area contributed by atoms with Gasteiger partial charge >= 0.3 is 6.61 Å². The number of anilines is 1. The second kappa shape index (κ2) is 6.94. The number of pyridine rings is 1. The molecule has 1 aliphatic carbocycles. The van der Waals surface area contributed by atoms with Gasteiger partial charge in [-0.15, -0.1) is 0 Å². The number of hydrogen-bond acceptors (Lipinski definition) is 4. The van der Waals surface area contributed by atoms with Crippen molar-refractivity contribution in [1.82, 2.24) is 14.8 Å². The van der Waals surface area contributed by atoms with Gasteiger partial charge in [0.05, 0.1) is 29.2 Å². The van der Waals surface area contributed by atoms with Crippen molar-refractivity contribution >= 4 is 11.6 Å². The van der Waals surface area contributed by atoms with Gasteiger partial charge < -0.3 is 10.1 Å². The maximum absolute atomic E-state index is 12.3. The molecule has 0 aromatic carbocycles. The van der Waals surface area contributed by atoms with E-state index in [1.54, 1.807) is 6.20 Å². The van der Waals surface area contributed by atoms with Crippen molar-refractivity contribution in [3.63, 3.8) is 0 Å². The molecular formula is C16H18F2N4O2. The Morgan fingerprint density at radius 1 is 1.33 bits per heavy atom. The Hall–Kier alpha value is -2.51. The van der Waals surface area contributed by atoms with Gasteiger partial charge in [0.15, 0.2) is 0 Å². The van der Waals surface area contributed by atoms with E-state index in [1.807, 2.05) is 11.6 Å². The van der Waals surface area contributed by atoms with Gasteiger partial charge in [-0.2, -0.15) is 13.9 Å². The van der Waals surface area contributed by atoms with Gasteiger partial charge in [0.25, 0.3) is 5.91 Å². The van der Waals surface area contributed by atoms with Gasteiger partial charge in [0.1, 0.15) is 0 Å². The molecule has 24 heavy (non-hydrogen) atoms. The Balaban J connectivity index is 1.68. The Bertz CT molecular complexity index is 709. The molecule has 0 spiro atoms. The van der Waals surface area contributed by atoms with Crippen LogP contribution in [0.2, 0.25) is 0 Å². The number of carbonyl (C=O) groups is 1. The molecule has 1 amide bonds. The lowest BCUT2D eigenvalue weighted by Crippen LogP contribution is -2.14. The molecule has 0 radical (unpaired) electrons. The van der Waals surface area contributed by atoms with Crippen LogP contribution in [0.25, 0.3) is 0 Å². The molecular weight excluding hydrogens is 318 g/mol. The minimum atomic E-state index is -2.94. The zero-order valence-electron chi connectivity index (χ0n) is 13.2. The van der Waals surface area contributed by atoms with Crippen molar-refractivity contribution < 1.29 is 18.3 Å². The topological polar surface area (TPSA) is 69.0 Å². The average Bonchev–Trinajstić information content (AvgIpc) is 3.18. The highest BCUT2D eigenvalue weighted by molar-refractivity contribution is 6.04. The molecule has 0 unspecified atom stereocenters. The number of nitrogens with zero attached hydrogens (tertiary/aromatic N) is 3. The molecule has 2 heterocycles. The summed E-state index contributed by atoms with van der Waals surface area (Å²) in [6, 6.07) is 3.01. The maximum Gasteiger partial charge on any atom is 0.388 e. The monoisotopic (exact) mass is 336 g/mol. The Labute approximate surface area is 137 Å². The molecule has 1 saturated carbocycles. The molecule has 0 saturated heterocycles. The van der Waals surface area contributed by atoms with Crippen LogP contribution in [-0.2, 0) is 0 Å². The smallest absolute Gasteiger partial charge is 0.388 e. The van der Waals surface area contributed by atoms with Gasteiger partial charge in [0, 0.05) is 12.3 Å². The zero-order chi connectivity index (χ0) is 17.1. The highest BCUT2D eigenvalue weighted by Gasteiger charge is 2.21. The molecule has 2 aromatic heterocycles. The van der Waals surface area contributed by atoms with Crippen molar-refractivity contribution in [3.05, 3.63) is 35.8 Å². The first-order valence-corrected chi connectivity index (χ1v) is 7.81. The van der Waals surface area contributed by atoms with Gasteiger partial charge in [-0.1, -0.05) is 12.8 Å². The minimum Gasteiger partial charge on any atom is -0.417 e. The first-order valence-electron chi connectivity index (χ1n) is 7.81. The van der Waals surface area contributed by atoms with E-state index in [1.165, 1.54) is 31.2 Å². The van der Waals surface area contributed by atoms with Crippen molar-refractivity contribution in [3.8, 4) is 5.88 Å². The molecule has 1 N–H and O–H groups in total. The summed E-state index contributed by atoms with van der Waals surface area (Å²) in [5, 5.41) is 7.15. The van der Waals surface area contributed by atoms with Crippen molar-refractivity contribution in [2.75, 3.05) is 5.32 Å². The quantitative estimate of drug-likeness (QED) is 0.906. The number of aromatic nitrogens is 3. The van der Waals surface area contributed by atoms with Crippen LogP contribution in [0.5, 0.6) is 5.88 Å². The lowest BCUT2D eigenvalue weighted by molar-refractivity contribution is -0.0528. The predicted molar refractivity (Wildman–Crippen MR) is 83.3 cm³/mol. The van der Waals surface area contributed by atoms with Crippen molar-refractivity contribution in [2.24, 2.45) is 0 Å². The third-order valence-corrected chi connectivity index (χ3v) is 4.17. The molecule has 3 rings (SSSR count). The molecule has 1 fully saturated rings. The standard InChI is InChI=1S/C16H18F2N4O2/c1-10-13(9-20-22(10)12-4-2-3-5-12)21-15(23)11-6-7-14(19-8-11)24-16(17)18/h6-9,12,16H,2-5H2,1H3,(H,21,23). The number of carbonyl (C=O) groups excluding carboxylic acids is 1. The van der Waals surface area contributed by atoms with E-state index in [-0.39, 0.29) is 17.4 Å². The average molecular weight is 336 g/mol. The number of halogens is 2. The Morgan fingerprint density at radius 3 is 2.71 bits per heavy atom. The SMILES string of the molecule is Cc1c(NC(=O)c2ccc(OC(F)F)nc2)cnn1C1CCCC1. The van der Waals surface area contributed by atoms with Crippen LogP contribution >= 0.6 is 0 Å². The highest BCUT2D eigenvalue weighted by atomic mass is 19.3. The van der Waals surface area contributed by atoms with Crippen LogP contribution < -0.4 is 10.1 Å². The number of ether oxygens (including phenoxy) is 1. The van der Waals surface area contributed by atoms with E-state index in [0.717, 1.165) is 18.5 Å². The molecule has 0 aliphatic heterocycles. The summed E-state index contributed by atoms with van der Waals surface area (Å²) >= 11 is 0. The van der Waals surface area contributed by atoms with E-state index in [2.05, 4.69) is 20.1 Å². The highest BCUT2D eigenvalue weighted by Crippen LogP contribution is 2.31. The van der Waals surface area contributed by atoms with Crippen LogP contribution in [0.4, 0.5) is 14.5 Å². The number of hydrogen-bond donors (Lipinski definition) is 1. The molecule has 6 nitrogen and oxygen atoms in total. The molecule has 1 aliphatic rings. The van der Waals surface area contributed by atoms with E-state index < -0.39 is 6.61 Å². The molecule has 128 valence electrons. The van der Waals surface area contributed by atoms with Crippen LogP contribution in [0.3, 0.4) is 0 Å². The van der Waals surface area contributed by atoms with Crippen LogP contribution in [0, 0.1) is 6.92 Å². The minimum absolute atomic E-state index is 0.230. The molecule has 0 atom stereocenters. The summed E-state index contributed by atoms with van der Waals surface area (Å²) in [7, 11) is 0. The largest absolute Gasteiger partial charge is 0.417 e. The third-order valence-electron chi connectivity index (χ3n) is 4.17. The second-order valence-corrected chi connectivity index (χ2v) is 5.74. The molecule has 2 aromatic rings. The van der Waals surface area contributed by atoms with E-state index >= 15 is 0 Å². The second-order valence-electron chi connectivity index (χ2n) is 5.74. The summed E-state index contributed by atoms with van der Waals surface area (Å²) in [5.41, 5.74) is 1.80. The summed E-state index contributed by atoms with van der Waals surface area (Å²) in [5.74, 6) is -0.605. The summed E-state index contributed by atoms with van der Waals surface area (Å²) in [6.45, 7) is -1.03. The third kappa shape index (κ3) is 3.52. The first-order chi connectivity index (χ1) is 11.5. The summed E-state index contributed by atoms with van der Waals surface area (Å²) in [4.78, 5) is 15.9. The summed E-state index contributed by atoms with van der Waals surface area (Å²) in [6.07, 6.45) is 7.43. The number of alkyl halides is 2. The van der Waals surface area contributed by atoms with Crippen LogP contribution in [0.15, 0.2) is 24.5 Å². The van der Waals surface area contributed by atoms with E-state index in [0.29, 0.717) is 11.7 Å². The number of amides is 1. The van der Waals surface area contributed by atoms with Crippen molar-refractivity contribution in [1.29, 1.82) is 0 Å². The van der Waals surface area contributed by atoms with E-state index in [4.69, 9.17) is 0 Å². The predicted octanol–water partition coefficient (Wildman–Crippen LogP) is 3.56. The number of rotatable bonds is 5. The van der Waals surface area contributed by atoms with Crippen LogP contribution in [-0.4, -0.2) is 27.3 Å². The Kier molecular flexibility index (Phi) is 4.73. The Morgan fingerprint density at radius 2 is 2.08 bits per heavy atom. The fourth-order valence-electron chi connectivity index (χ4n) is 2.93. The molecule has 0 bridgehead atoms. The summed E-state index contributed by atoms with van der Waals surface area (Å²) < 4.78 is 30.3. The van der Waals surface area contributed by atoms with Crippen LogP contribution in [0.1, 0.15) is 47.8 Å². The van der Waals surface area contributed by atoms with Gasteiger partial charge in [-0.05, 0) is 25.8 Å². The van der Waals surface area contributed by atoms with E-state index in [9.17, 15) is 13.6 Å².